The molecule has 2 saturated carbocycles. The summed E-state index contributed by atoms with van der Waals surface area (Å²) in [5.74, 6) is 0.403. The number of hydrogen-bond acceptors (Lipinski definition) is 5. The largest absolute Gasteiger partial charge is 0.490 e. The van der Waals surface area contributed by atoms with Gasteiger partial charge in [-0.1, -0.05) is 12.1 Å². The molecule has 5 fully saturated rings. The van der Waals surface area contributed by atoms with Gasteiger partial charge < -0.3 is 15.0 Å². The van der Waals surface area contributed by atoms with Crippen molar-refractivity contribution in [1.82, 2.24) is 15.5 Å². The Bertz CT molecular complexity index is 1220. The van der Waals surface area contributed by atoms with Crippen LogP contribution in [0.25, 0.3) is 0 Å². The molecule has 0 aromatic heterocycles. The van der Waals surface area contributed by atoms with E-state index in [-0.39, 0.29) is 35.6 Å². The fourth-order valence-corrected chi connectivity index (χ4v) is 6.00. The molecule has 2 aromatic carbocycles. The molecule has 6 aliphatic rings. The van der Waals surface area contributed by atoms with Crippen LogP contribution in [0.1, 0.15) is 65.9 Å². The van der Waals surface area contributed by atoms with Gasteiger partial charge in [0.25, 0.3) is 11.8 Å². The maximum absolute atomic E-state index is 12.8. The van der Waals surface area contributed by atoms with Crippen LogP contribution in [0.2, 0.25) is 0 Å². The maximum atomic E-state index is 12.8. The van der Waals surface area contributed by atoms with Crippen LogP contribution in [0.3, 0.4) is 0 Å². The lowest BCUT2D eigenvalue weighted by molar-refractivity contribution is -0.160. The van der Waals surface area contributed by atoms with Crippen LogP contribution in [-0.2, 0) is 16.1 Å². The average Bonchev–Trinajstić information content (AvgIpc) is 3.40. The molecule has 2 N–H and O–H groups in total. The van der Waals surface area contributed by atoms with Gasteiger partial charge in [-0.25, -0.2) is 4.39 Å². The number of nitrogens with one attached hydrogen (secondary N) is 2. The first-order chi connectivity index (χ1) is 17.4. The summed E-state index contributed by atoms with van der Waals surface area (Å²) in [4.78, 5) is 38.5. The van der Waals surface area contributed by atoms with Gasteiger partial charge in [0.2, 0.25) is 5.91 Å². The Hall–Kier alpha value is -3.26. The molecular weight excluding hydrogens is 461 g/mol. The molecule has 0 spiro atoms. The maximum Gasteiger partial charge on any atom is 0.255 e. The lowest BCUT2D eigenvalue weighted by Gasteiger charge is -2.53. The third-order valence-corrected chi connectivity index (χ3v) is 8.30. The summed E-state index contributed by atoms with van der Waals surface area (Å²) in [6.45, 7) is 2.39. The van der Waals surface area contributed by atoms with E-state index in [1.165, 1.54) is 18.9 Å². The first-order valence-corrected chi connectivity index (χ1v) is 12.9. The number of fused-ring (bicyclic) bond motifs is 3. The molecule has 36 heavy (non-hydrogen) atoms. The Morgan fingerprint density at radius 1 is 0.972 bits per heavy atom. The van der Waals surface area contributed by atoms with Gasteiger partial charge in [-0.3, -0.25) is 19.7 Å². The first-order valence-electron chi connectivity index (χ1n) is 12.9. The molecular formula is C28H30FN3O4. The van der Waals surface area contributed by atoms with Crippen molar-refractivity contribution in [3.63, 3.8) is 0 Å². The van der Waals surface area contributed by atoms with Gasteiger partial charge in [0.1, 0.15) is 17.1 Å². The van der Waals surface area contributed by atoms with Crippen LogP contribution in [0.5, 0.6) is 5.75 Å². The zero-order valence-electron chi connectivity index (χ0n) is 20.1. The number of ether oxygens (including phenoxy) is 1. The molecule has 7 nitrogen and oxygen atoms in total. The zero-order chi connectivity index (χ0) is 24.9. The van der Waals surface area contributed by atoms with Crippen LogP contribution < -0.4 is 15.4 Å². The van der Waals surface area contributed by atoms with Gasteiger partial charge in [-0.2, -0.15) is 0 Å². The highest BCUT2D eigenvalue weighted by molar-refractivity contribution is 6.10. The summed E-state index contributed by atoms with van der Waals surface area (Å²) < 4.78 is 18.7. The topological polar surface area (TPSA) is 87.7 Å². The molecule has 8 heteroatoms. The van der Waals surface area contributed by atoms with E-state index in [2.05, 4.69) is 10.6 Å². The normalized spacial score (nSPS) is 27.0. The second-order valence-corrected chi connectivity index (χ2v) is 10.6. The van der Waals surface area contributed by atoms with Gasteiger partial charge in [-0.05, 0) is 80.0 Å². The number of benzene rings is 2. The van der Waals surface area contributed by atoms with E-state index in [0.717, 1.165) is 42.8 Å². The molecule has 8 rings (SSSR count). The van der Waals surface area contributed by atoms with Crippen LogP contribution in [-0.4, -0.2) is 47.4 Å². The third kappa shape index (κ3) is 3.97. The summed E-state index contributed by atoms with van der Waals surface area (Å²) in [6.07, 6.45) is 5.75. The minimum atomic E-state index is -0.846. The molecule has 188 valence electrons. The molecule has 3 amide bonds. The predicted molar refractivity (Wildman–Crippen MR) is 130 cm³/mol. The first kappa shape index (κ1) is 23.2. The number of carbonyl (C=O) groups is 3. The van der Waals surface area contributed by atoms with Crippen molar-refractivity contribution in [1.29, 1.82) is 0 Å². The lowest BCUT2D eigenvalue weighted by atomic mass is 9.63. The van der Waals surface area contributed by atoms with E-state index in [1.54, 1.807) is 23.1 Å². The molecule has 2 aliphatic carbocycles. The summed E-state index contributed by atoms with van der Waals surface area (Å²) in [6, 6.07) is 12.4. The van der Waals surface area contributed by atoms with Gasteiger partial charge in [0, 0.05) is 37.0 Å². The predicted octanol–water partition coefficient (Wildman–Crippen LogP) is 3.28. The van der Waals surface area contributed by atoms with Gasteiger partial charge >= 0.3 is 0 Å². The number of halogens is 1. The molecule has 0 unspecified atom stereocenters. The number of imide groups is 1. The Balaban J connectivity index is 0.000000183. The zero-order valence-corrected chi connectivity index (χ0v) is 20.1. The summed E-state index contributed by atoms with van der Waals surface area (Å²) >= 11 is 0. The number of piperidine rings is 2. The Labute approximate surface area is 209 Å². The number of nitrogens with zero attached hydrogens (tertiary/aromatic N) is 1. The minimum Gasteiger partial charge on any atom is -0.490 e. The number of hydrogen-bond donors (Lipinski definition) is 2. The molecule has 0 atom stereocenters. The third-order valence-electron chi connectivity index (χ3n) is 8.30. The van der Waals surface area contributed by atoms with Gasteiger partial charge in [-0.15, -0.1) is 0 Å². The average molecular weight is 492 g/mol. The molecule has 3 saturated heterocycles. The highest BCUT2D eigenvalue weighted by atomic mass is 19.1. The van der Waals surface area contributed by atoms with E-state index in [9.17, 15) is 18.8 Å². The monoisotopic (exact) mass is 491 g/mol. The highest BCUT2D eigenvalue weighted by Crippen LogP contribution is 2.49. The highest BCUT2D eigenvalue weighted by Gasteiger charge is 2.62. The van der Waals surface area contributed by atoms with Crippen molar-refractivity contribution < 1.29 is 23.5 Å². The molecule has 2 bridgehead atoms. The van der Waals surface area contributed by atoms with Crippen molar-refractivity contribution in [3.05, 3.63) is 65.0 Å². The molecule has 2 aromatic rings. The molecule has 0 radical (unpaired) electrons. The van der Waals surface area contributed by atoms with Crippen molar-refractivity contribution in [2.45, 2.75) is 62.6 Å². The quantitative estimate of drug-likeness (QED) is 0.641. The van der Waals surface area contributed by atoms with Crippen molar-refractivity contribution in [2.24, 2.45) is 5.92 Å². The van der Waals surface area contributed by atoms with E-state index >= 15 is 0 Å². The second-order valence-electron chi connectivity index (χ2n) is 10.6. The van der Waals surface area contributed by atoms with E-state index in [1.807, 2.05) is 18.2 Å². The van der Waals surface area contributed by atoms with Crippen LogP contribution in [0.4, 0.5) is 4.39 Å². The Morgan fingerprint density at radius 2 is 1.75 bits per heavy atom. The SMILES string of the molecule is Fc1cccc(C2CNC2)c1.O=C1NC(=O)C2(N3Cc4cc(OC5CCCC5)ccc4C3=O)CC1C2. The summed E-state index contributed by atoms with van der Waals surface area (Å²) in [5.41, 5.74) is 1.81. The second kappa shape index (κ2) is 9.00. The minimum absolute atomic E-state index is 0.120. The van der Waals surface area contributed by atoms with Crippen LogP contribution in [0, 0.1) is 11.7 Å². The fraction of sp³-hybridized carbons (Fsp3) is 0.464. The van der Waals surface area contributed by atoms with Crippen LogP contribution in [0.15, 0.2) is 42.5 Å². The van der Waals surface area contributed by atoms with Gasteiger partial charge in [0.15, 0.2) is 0 Å². The van der Waals surface area contributed by atoms with E-state index in [4.69, 9.17) is 4.74 Å². The Kier molecular flexibility index (Phi) is 5.79. The van der Waals surface area contributed by atoms with E-state index < -0.39 is 5.54 Å². The van der Waals surface area contributed by atoms with Crippen molar-refractivity contribution in [2.75, 3.05) is 13.1 Å². The van der Waals surface area contributed by atoms with Gasteiger partial charge in [0.05, 0.1) is 6.10 Å². The van der Waals surface area contributed by atoms with Crippen molar-refractivity contribution in [3.8, 4) is 5.75 Å². The van der Waals surface area contributed by atoms with E-state index in [0.29, 0.717) is 30.9 Å². The molecule has 4 heterocycles. The molecule has 4 aliphatic heterocycles. The lowest BCUT2D eigenvalue weighted by Crippen LogP contribution is -2.73. The summed E-state index contributed by atoms with van der Waals surface area (Å²) in [7, 11) is 0. The number of rotatable bonds is 4. The smallest absolute Gasteiger partial charge is 0.255 e. The summed E-state index contributed by atoms with van der Waals surface area (Å²) in [5, 5.41) is 5.56. The standard InChI is InChI=1S/C19H20N2O4.C9H10FN/c22-16-12-8-19(9-12,18(24)20-16)21-10-11-7-14(5-6-15(11)17(21)23)25-13-3-1-2-4-13;10-9-3-1-2-7(4-9)8-5-11-6-8/h5-7,12-13H,1-4,8-10H2,(H,20,22,24);1-4,8,11H,5-6H2. The fourth-order valence-electron chi connectivity index (χ4n) is 6.00. The van der Waals surface area contributed by atoms with Crippen molar-refractivity contribution >= 4 is 17.7 Å². The Morgan fingerprint density at radius 3 is 2.42 bits per heavy atom. The number of amides is 3. The number of carbonyl (C=O) groups excluding carboxylic acids is 3. The van der Waals surface area contributed by atoms with Crippen LogP contribution >= 0.6 is 0 Å².